The van der Waals surface area contributed by atoms with Crippen molar-refractivity contribution in [2.45, 2.75) is 6.54 Å². The Kier molecular flexibility index (Phi) is 5.85. The largest absolute Gasteiger partial charge is 0.439 e. The van der Waals surface area contributed by atoms with Crippen LogP contribution >= 0.6 is 27.5 Å². The molecule has 132 valence electrons. The molecule has 3 aromatic rings. The number of ether oxygens (including phenoxy) is 1. The van der Waals surface area contributed by atoms with E-state index in [2.05, 4.69) is 25.9 Å². The van der Waals surface area contributed by atoms with Crippen molar-refractivity contribution in [1.29, 1.82) is 0 Å². The predicted octanol–water partition coefficient (Wildman–Crippen LogP) is 4.96. The van der Waals surface area contributed by atoms with Gasteiger partial charge in [-0.15, -0.1) is 0 Å². The third kappa shape index (κ3) is 4.80. The van der Waals surface area contributed by atoms with Gasteiger partial charge in [0.05, 0.1) is 5.56 Å². The number of carbonyl (C=O) groups excluding carboxylic acids is 1. The van der Waals surface area contributed by atoms with Gasteiger partial charge in [-0.2, -0.15) is 0 Å². The van der Waals surface area contributed by atoms with Gasteiger partial charge < -0.3 is 9.64 Å². The van der Waals surface area contributed by atoms with Crippen molar-refractivity contribution in [2.24, 2.45) is 0 Å². The number of benzene rings is 1. The maximum absolute atomic E-state index is 12.5. The summed E-state index contributed by atoms with van der Waals surface area (Å²) in [6, 6.07) is 14.3. The molecule has 0 spiro atoms. The average molecular weight is 433 g/mol. The fourth-order valence-corrected chi connectivity index (χ4v) is 2.63. The zero-order valence-corrected chi connectivity index (χ0v) is 16.2. The van der Waals surface area contributed by atoms with Crippen LogP contribution in [0.1, 0.15) is 15.9 Å². The zero-order chi connectivity index (χ0) is 18.5. The predicted molar refractivity (Wildman–Crippen MR) is 103 cm³/mol. The lowest BCUT2D eigenvalue weighted by molar-refractivity contribution is 0.0784. The van der Waals surface area contributed by atoms with Gasteiger partial charge >= 0.3 is 0 Å². The first-order valence-corrected chi connectivity index (χ1v) is 8.94. The van der Waals surface area contributed by atoms with Crippen LogP contribution in [0.4, 0.5) is 0 Å². The first kappa shape index (κ1) is 18.4. The molecule has 0 saturated carbocycles. The maximum Gasteiger partial charge on any atom is 0.255 e. The highest BCUT2D eigenvalue weighted by Crippen LogP contribution is 2.22. The van der Waals surface area contributed by atoms with Gasteiger partial charge in [0.2, 0.25) is 5.88 Å². The fraction of sp³-hybridized carbons (Fsp3) is 0.105. The van der Waals surface area contributed by atoms with Crippen molar-refractivity contribution >= 4 is 33.4 Å². The summed E-state index contributed by atoms with van der Waals surface area (Å²) in [6.45, 7) is 0.431. The molecule has 2 aromatic heterocycles. The number of aromatic nitrogens is 2. The van der Waals surface area contributed by atoms with Crippen LogP contribution in [0.15, 0.2) is 65.4 Å². The van der Waals surface area contributed by atoms with Gasteiger partial charge in [-0.3, -0.25) is 4.79 Å². The Morgan fingerprint density at radius 1 is 1.08 bits per heavy atom. The summed E-state index contributed by atoms with van der Waals surface area (Å²) in [7, 11) is 1.73. The lowest BCUT2D eigenvalue weighted by Crippen LogP contribution is -2.26. The van der Waals surface area contributed by atoms with Crippen molar-refractivity contribution in [1.82, 2.24) is 14.9 Å². The second-order valence-corrected chi connectivity index (χ2v) is 6.89. The van der Waals surface area contributed by atoms with Crippen LogP contribution in [0.3, 0.4) is 0 Å². The van der Waals surface area contributed by atoms with Gasteiger partial charge in [0, 0.05) is 36.5 Å². The van der Waals surface area contributed by atoms with Gasteiger partial charge in [0.15, 0.2) is 0 Å². The van der Waals surface area contributed by atoms with E-state index in [9.17, 15) is 4.79 Å². The van der Waals surface area contributed by atoms with E-state index < -0.39 is 0 Å². The van der Waals surface area contributed by atoms with E-state index >= 15 is 0 Å². The Morgan fingerprint density at radius 2 is 1.85 bits per heavy atom. The van der Waals surface area contributed by atoms with Gasteiger partial charge in [-0.05, 0) is 42.0 Å². The lowest BCUT2D eigenvalue weighted by atomic mass is 10.2. The van der Waals surface area contributed by atoms with Gasteiger partial charge in [-0.25, -0.2) is 9.97 Å². The first-order valence-electron chi connectivity index (χ1n) is 7.76. The highest BCUT2D eigenvalue weighted by atomic mass is 79.9. The highest BCUT2D eigenvalue weighted by molar-refractivity contribution is 9.10. The number of nitrogens with zero attached hydrogens (tertiary/aromatic N) is 3. The van der Waals surface area contributed by atoms with Crippen LogP contribution in [0, 0.1) is 0 Å². The molecule has 0 fully saturated rings. The van der Waals surface area contributed by atoms with Crippen molar-refractivity contribution in [2.75, 3.05) is 7.05 Å². The summed E-state index contributed by atoms with van der Waals surface area (Å²) in [5.41, 5.74) is 1.38. The number of pyridine rings is 2. The van der Waals surface area contributed by atoms with Gasteiger partial charge in [-0.1, -0.05) is 33.6 Å². The lowest BCUT2D eigenvalue weighted by Gasteiger charge is -2.17. The quantitative estimate of drug-likeness (QED) is 0.535. The van der Waals surface area contributed by atoms with E-state index in [-0.39, 0.29) is 5.91 Å². The Hall–Kier alpha value is -2.44. The number of hydrogen-bond acceptors (Lipinski definition) is 4. The Bertz CT molecular complexity index is 884. The van der Waals surface area contributed by atoms with Crippen LogP contribution < -0.4 is 4.74 Å². The van der Waals surface area contributed by atoms with Crippen LogP contribution in [0.25, 0.3) is 0 Å². The minimum atomic E-state index is -0.136. The molecule has 0 radical (unpaired) electrons. The van der Waals surface area contributed by atoms with Crippen LogP contribution in [0.2, 0.25) is 5.15 Å². The third-order valence-electron chi connectivity index (χ3n) is 3.57. The number of rotatable bonds is 5. The van der Waals surface area contributed by atoms with Crippen LogP contribution in [-0.4, -0.2) is 27.8 Å². The van der Waals surface area contributed by atoms with Crippen molar-refractivity contribution in [3.8, 4) is 11.6 Å². The topological polar surface area (TPSA) is 55.3 Å². The second kappa shape index (κ2) is 8.29. The molecule has 0 N–H and O–H groups in total. The number of carbonyl (C=O) groups is 1. The summed E-state index contributed by atoms with van der Waals surface area (Å²) in [5, 5.41) is 0.424. The van der Waals surface area contributed by atoms with Crippen molar-refractivity contribution in [3.05, 3.63) is 81.7 Å². The summed E-state index contributed by atoms with van der Waals surface area (Å²) >= 11 is 9.15. The molecule has 26 heavy (non-hydrogen) atoms. The Morgan fingerprint density at radius 3 is 2.46 bits per heavy atom. The molecule has 0 aliphatic carbocycles. The summed E-state index contributed by atoms with van der Waals surface area (Å²) in [4.78, 5) is 22.3. The zero-order valence-electron chi connectivity index (χ0n) is 13.9. The third-order valence-corrected chi connectivity index (χ3v) is 4.33. The molecular formula is C19H15BrClN3O2. The molecule has 2 heterocycles. The van der Waals surface area contributed by atoms with Gasteiger partial charge in [0.25, 0.3) is 5.91 Å². The van der Waals surface area contributed by atoms with E-state index in [0.717, 1.165) is 10.0 Å². The number of hydrogen-bond donors (Lipinski definition) is 0. The van der Waals surface area contributed by atoms with E-state index in [1.807, 2.05) is 30.3 Å². The smallest absolute Gasteiger partial charge is 0.255 e. The molecule has 0 bridgehead atoms. The van der Waals surface area contributed by atoms with E-state index in [0.29, 0.717) is 28.9 Å². The van der Waals surface area contributed by atoms with E-state index in [1.165, 1.54) is 6.20 Å². The highest BCUT2D eigenvalue weighted by Gasteiger charge is 2.13. The Balaban J connectivity index is 1.64. The first-order chi connectivity index (χ1) is 12.5. The van der Waals surface area contributed by atoms with E-state index in [4.69, 9.17) is 16.3 Å². The summed E-state index contributed by atoms with van der Waals surface area (Å²) < 4.78 is 6.63. The molecule has 3 rings (SSSR count). The minimum absolute atomic E-state index is 0.136. The molecular weight excluding hydrogens is 418 g/mol. The summed E-state index contributed by atoms with van der Waals surface area (Å²) in [6.07, 6.45) is 3.16. The normalized spacial score (nSPS) is 10.4. The SMILES string of the molecule is CN(Cc1ccc(Cl)nc1)C(=O)c1ccc(Oc2ccc(Br)cc2)nc1. The van der Waals surface area contributed by atoms with Crippen molar-refractivity contribution < 1.29 is 9.53 Å². The minimum Gasteiger partial charge on any atom is -0.439 e. The second-order valence-electron chi connectivity index (χ2n) is 5.59. The monoisotopic (exact) mass is 431 g/mol. The molecule has 0 saturated heterocycles. The standard InChI is InChI=1S/C19H15BrClN3O2/c1-24(12-13-2-8-17(21)22-10-13)19(25)14-3-9-18(23-11-14)26-16-6-4-15(20)5-7-16/h2-11H,12H2,1H3. The van der Waals surface area contributed by atoms with Gasteiger partial charge in [0.1, 0.15) is 10.9 Å². The number of amides is 1. The van der Waals surface area contributed by atoms with E-state index in [1.54, 1.807) is 36.3 Å². The molecule has 1 amide bonds. The maximum atomic E-state index is 12.5. The van der Waals surface area contributed by atoms with Crippen LogP contribution in [0.5, 0.6) is 11.6 Å². The average Bonchev–Trinajstić information content (AvgIpc) is 2.65. The molecule has 0 unspecified atom stereocenters. The molecule has 5 nitrogen and oxygen atoms in total. The molecule has 0 aliphatic heterocycles. The fourth-order valence-electron chi connectivity index (χ4n) is 2.26. The molecule has 1 aromatic carbocycles. The molecule has 0 aliphatic rings. The number of halogens is 2. The molecule has 7 heteroatoms. The molecule has 0 atom stereocenters. The van der Waals surface area contributed by atoms with Crippen molar-refractivity contribution in [3.63, 3.8) is 0 Å². The Labute approximate surface area is 164 Å². The van der Waals surface area contributed by atoms with Crippen LogP contribution in [-0.2, 0) is 6.54 Å². The summed E-state index contributed by atoms with van der Waals surface area (Å²) in [5.74, 6) is 0.961.